The van der Waals surface area contributed by atoms with Crippen LogP contribution in [0.1, 0.15) is 113 Å². The number of aliphatic hydroxyl groups is 5. The Bertz CT molecular complexity index is 1120. The summed E-state index contributed by atoms with van der Waals surface area (Å²) in [7, 11) is 0. The molecule has 1 heterocycles. The second-order valence-corrected chi connectivity index (χ2v) is 17.1. The van der Waals surface area contributed by atoms with Crippen molar-refractivity contribution in [1.29, 1.82) is 0 Å². The Hall–Kier alpha value is -0.870. The highest BCUT2D eigenvalue weighted by Gasteiger charge is 2.71. The molecule has 0 radical (unpaired) electrons. The fourth-order valence-corrected chi connectivity index (χ4v) is 11.5. The maximum Gasteiger partial charge on any atom is 0.187 e. The van der Waals surface area contributed by atoms with Crippen LogP contribution in [-0.2, 0) is 14.3 Å². The summed E-state index contributed by atoms with van der Waals surface area (Å²) in [6.07, 6.45) is 2.44. The standard InChI is InChI=1S/C36H60O8/c1-20(2)10-9-14-36(8,44-31-30(42)29(41)28(40)23(19-37)43-31)21-11-16-35(7)27(21)22(38)18-25-33(5)15-13-26(39)32(3,4)24(33)12-17-34(25,35)6/h10,21,23-31,37,39-42H,9,11-19H2,1-8H3/t21-,23+,24-,25+,26-,27-,28-,29-,30+,31-,33-,34+,35+,36-/m0/s1. The average molecular weight is 621 g/mol. The van der Waals surface area contributed by atoms with E-state index in [1.807, 2.05) is 6.92 Å². The zero-order valence-corrected chi connectivity index (χ0v) is 28.4. The number of Topliss-reactive ketones (excluding diaryl/α,β-unsaturated/α-hetero) is 1. The van der Waals surface area contributed by atoms with Crippen LogP contribution in [-0.4, -0.2) is 80.3 Å². The highest BCUT2D eigenvalue weighted by Crippen LogP contribution is 2.75. The third-order valence-corrected chi connectivity index (χ3v) is 14.4. The molecule has 1 aliphatic heterocycles. The van der Waals surface area contributed by atoms with Crippen LogP contribution in [0.3, 0.4) is 0 Å². The van der Waals surface area contributed by atoms with Crippen LogP contribution in [0.5, 0.6) is 0 Å². The van der Waals surface area contributed by atoms with Crippen LogP contribution in [0, 0.1) is 45.3 Å². The van der Waals surface area contributed by atoms with Gasteiger partial charge in [0, 0.05) is 12.3 Å². The van der Waals surface area contributed by atoms with Gasteiger partial charge < -0.3 is 35.0 Å². The van der Waals surface area contributed by atoms with E-state index in [-0.39, 0.29) is 45.5 Å². The Kier molecular flexibility index (Phi) is 9.15. The van der Waals surface area contributed by atoms with Crippen LogP contribution in [0.2, 0.25) is 0 Å². The van der Waals surface area contributed by atoms with E-state index in [4.69, 9.17) is 9.47 Å². The number of hydrogen-bond donors (Lipinski definition) is 5. The van der Waals surface area contributed by atoms with Gasteiger partial charge in [-0.25, -0.2) is 0 Å². The number of ketones is 1. The van der Waals surface area contributed by atoms with Gasteiger partial charge in [-0.05, 0) is 112 Å². The summed E-state index contributed by atoms with van der Waals surface area (Å²) in [5.41, 5.74) is -0.159. The summed E-state index contributed by atoms with van der Waals surface area (Å²) in [5.74, 6) is 0.579. The molecule has 0 aromatic rings. The molecule has 8 heteroatoms. The van der Waals surface area contributed by atoms with E-state index >= 15 is 0 Å². The Labute approximate surface area is 264 Å². The van der Waals surface area contributed by atoms with E-state index in [1.54, 1.807) is 0 Å². The molecule has 0 aromatic heterocycles. The van der Waals surface area contributed by atoms with Gasteiger partial charge in [0.2, 0.25) is 0 Å². The smallest absolute Gasteiger partial charge is 0.187 e. The second-order valence-electron chi connectivity index (χ2n) is 17.1. The predicted molar refractivity (Wildman–Crippen MR) is 167 cm³/mol. The topological polar surface area (TPSA) is 137 Å². The lowest BCUT2D eigenvalue weighted by Crippen LogP contribution is -2.66. The van der Waals surface area contributed by atoms with Crippen molar-refractivity contribution in [3.8, 4) is 0 Å². The first-order valence-electron chi connectivity index (χ1n) is 17.2. The first kappa shape index (κ1) is 34.5. The molecule has 1 saturated heterocycles. The third kappa shape index (κ3) is 5.09. The molecule has 8 nitrogen and oxygen atoms in total. The molecule has 4 aliphatic carbocycles. The first-order valence-corrected chi connectivity index (χ1v) is 17.2. The van der Waals surface area contributed by atoms with Crippen molar-refractivity contribution in [1.82, 2.24) is 0 Å². The number of hydrogen-bond acceptors (Lipinski definition) is 8. The van der Waals surface area contributed by atoms with Crippen LogP contribution in [0.25, 0.3) is 0 Å². The lowest BCUT2D eigenvalue weighted by atomic mass is 9.35. The molecule has 14 atom stereocenters. The van der Waals surface area contributed by atoms with Crippen LogP contribution >= 0.6 is 0 Å². The van der Waals surface area contributed by atoms with E-state index in [0.29, 0.717) is 24.5 Å². The molecule has 4 saturated carbocycles. The molecule has 5 aliphatic rings. The second kappa shape index (κ2) is 11.7. The van der Waals surface area contributed by atoms with E-state index in [9.17, 15) is 30.3 Å². The van der Waals surface area contributed by atoms with Gasteiger partial charge in [-0.3, -0.25) is 4.79 Å². The Balaban J connectivity index is 1.49. The SMILES string of the molecule is CC(C)=CCC[C@](C)(O[C@@H]1O[C@H](CO)[C@H](O)[C@H](O)[C@H]1O)[C@H]1CC[C@]2(C)[C@@H]1C(=O)C[C@@H]1[C@@]3(C)CC[C@H](O)C(C)(C)[C@@H]3CC[C@]12C. The van der Waals surface area contributed by atoms with E-state index < -0.39 is 42.9 Å². The zero-order valence-electron chi connectivity index (χ0n) is 28.4. The summed E-state index contributed by atoms with van der Waals surface area (Å²) in [5, 5.41) is 52.7. The summed E-state index contributed by atoms with van der Waals surface area (Å²) >= 11 is 0. The maximum absolute atomic E-state index is 14.6. The normalized spacial score (nSPS) is 49.8. The minimum Gasteiger partial charge on any atom is -0.394 e. The fraction of sp³-hybridized carbons (Fsp3) is 0.917. The number of carbonyl (C=O) groups excluding carboxylic acids is 1. The van der Waals surface area contributed by atoms with Crippen molar-refractivity contribution in [3.63, 3.8) is 0 Å². The molecule has 0 amide bonds. The van der Waals surface area contributed by atoms with Gasteiger partial charge in [0.15, 0.2) is 6.29 Å². The van der Waals surface area contributed by atoms with Crippen molar-refractivity contribution in [3.05, 3.63) is 11.6 Å². The Morgan fingerprint density at radius 1 is 0.932 bits per heavy atom. The number of aliphatic hydroxyl groups excluding tert-OH is 5. The molecule has 44 heavy (non-hydrogen) atoms. The molecule has 0 bridgehead atoms. The molecule has 5 rings (SSSR count). The van der Waals surface area contributed by atoms with E-state index in [1.165, 1.54) is 5.57 Å². The average Bonchev–Trinajstić information content (AvgIpc) is 3.33. The minimum atomic E-state index is -1.52. The van der Waals surface area contributed by atoms with Crippen molar-refractivity contribution in [2.45, 2.75) is 156 Å². The van der Waals surface area contributed by atoms with Gasteiger partial charge in [0.05, 0.1) is 18.3 Å². The first-order chi connectivity index (χ1) is 20.4. The van der Waals surface area contributed by atoms with Crippen LogP contribution < -0.4 is 0 Å². The van der Waals surface area contributed by atoms with Gasteiger partial charge in [0.25, 0.3) is 0 Å². The van der Waals surface area contributed by atoms with Gasteiger partial charge in [-0.2, -0.15) is 0 Å². The predicted octanol–water partition coefficient (Wildman–Crippen LogP) is 4.53. The summed E-state index contributed by atoms with van der Waals surface area (Å²) in [6, 6.07) is 0. The maximum atomic E-state index is 14.6. The molecule has 0 aromatic carbocycles. The number of ether oxygens (including phenoxy) is 2. The monoisotopic (exact) mass is 620 g/mol. The van der Waals surface area contributed by atoms with Crippen molar-refractivity contribution >= 4 is 5.78 Å². The molecule has 5 fully saturated rings. The minimum absolute atomic E-state index is 0.0168. The summed E-state index contributed by atoms with van der Waals surface area (Å²) in [4.78, 5) is 14.6. The van der Waals surface area contributed by atoms with Crippen molar-refractivity contribution in [2.75, 3.05) is 6.61 Å². The number of rotatable bonds is 7. The highest BCUT2D eigenvalue weighted by atomic mass is 16.7. The van der Waals surface area contributed by atoms with Crippen LogP contribution in [0.4, 0.5) is 0 Å². The van der Waals surface area contributed by atoms with E-state index in [0.717, 1.165) is 44.9 Å². The Morgan fingerprint density at radius 2 is 1.59 bits per heavy atom. The quantitative estimate of drug-likeness (QED) is 0.262. The fourth-order valence-electron chi connectivity index (χ4n) is 11.5. The largest absolute Gasteiger partial charge is 0.394 e. The van der Waals surface area contributed by atoms with Gasteiger partial charge >= 0.3 is 0 Å². The third-order valence-electron chi connectivity index (χ3n) is 14.4. The number of allylic oxidation sites excluding steroid dienone is 2. The Morgan fingerprint density at radius 3 is 2.23 bits per heavy atom. The molecular formula is C36H60O8. The van der Waals surface area contributed by atoms with Gasteiger partial charge in [-0.1, -0.05) is 46.3 Å². The van der Waals surface area contributed by atoms with Gasteiger partial charge in [-0.15, -0.1) is 0 Å². The summed E-state index contributed by atoms with van der Waals surface area (Å²) < 4.78 is 12.6. The lowest BCUT2D eigenvalue weighted by molar-refractivity contribution is -0.333. The number of fused-ring (bicyclic) bond motifs is 5. The van der Waals surface area contributed by atoms with Gasteiger partial charge in [0.1, 0.15) is 30.2 Å². The molecular weight excluding hydrogens is 560 g/mol. The molecule has 252 valence electrons. The van der Waals surface area contributed by atoms with Crippen LogP contribution in [0.15, 0.2) is 11.6 Å². The number of carbonyl (C=O) groups is 1. The molecule has 0 spiro atoms. The van der Waals surface area contributed by atoms with Crippen molar-refractivity contribution < 1.29 is 39.8 Å². The molecule has 5 N–H and O–H groups in total. The zero-order chi connectivity index (χ0) is 32.6. The van der Waals surface area contributed by atoms with E-state index in [2.05, 4.69) is 54.5 Å². The van der Waals surface area contributed by atoms with Crippen molar-refractivity contribution in [2.24, 2.45) is 45.3 Å². The lowest BCUT2D eigenvalue weighted by Gasteiger charge is -2.69. The molecule has 0 unspecified atom stereocenters. The highest BCUT2D eigenvalue weighted by molar-refractivity contribution is 5.84. The summed E-state index contributed by atoms with van der Waals surface area (Å²) in [6.45, 7) is 17.2.